The fourth-order valence-corrected chi connectivity index (χ4v) is 2.47. The van der Waals surface area contributed by atoms with Crippen molar-refractivity contribution in [2.75, 3.05) is 5.32 Å². The van der Waals surface area contributed by atoms with Crippen LogP contribution < -0.4 is 5.32 Å². The summed E-state index contributed by atoms with van der Waals surface area (Å²) in [6, 6.07) is 5.08. The molecule has 3 nitrogen and oxygen atoms in total. The van der Waals surface area contributed by atoms with Crippen LogP contribution in [0.2, 0.25) is 4.47 Å². The number of nitrogens with one attached hydrogen (secondary N) is 1. The molecule has 1 N–H and O–H groups in total. The minimum absolute atomic E-state index is 0.0382. The van der Waals surface area contributed by atoms with Crippen molar-refractivity contribution in [3.05, 3.63) is 44.9 Å². The molecule has 0 aliphatic carbocycles. The summed E-state index contributed by atoms with van der Waals surface area (Å²) in [5.74, 6) is 0. The van der Waals surface area contributed by atoms with E-state index in [1.165, 1.54) is 29.7 Å². The predicted molar refractivity (Wildman–Crippen MR) is 70.6 cm³/mol. The zero-order valence-corrected chi connectivity index (χ0v) is 11.4. The molecule has 0 aliphatic rings. The van der Waals surface area contributed by atoms with Crippen molar-refractivity contribution >= 4 is 28.6 Å². The first-order chi connectivity index (χ1) is 9.40. The molecular formula is C12H7ClF3N3S. The molecule has 0 bridgehead atoms. The van der Waals surface area contributed by atoms with Crippen LogP contribution in [0.5, 0.6) is 0 Å². The van der Waals surface area contributed by atoms with Gasteiger partial charge in [0.1, 0.15) is 0 Å². The van der Waals surface area contributed by atoms with Gasteiger partial charge in [-0.1, -0.05) is 11.6 Å². The average molecular weight is 318 g/mol. The van der Waals surface area contributed by atoms with Crippen LogP contribution in [0.15, 0.2) is 24.4 Å². The van der Waals surface area contributed by atoms with E-state index in [9.17, 15) is 13.2 Å². The number of hydrogen-bond acceptors (Lipinski definition) is 4. The molecule has 0 radical (unpaired) electrons. The van der Waals surface area contributed by atoms with Crippen molar-refractivity contribution < 1.29 is 13.2 Å². The molecule has 0 unspecified atom stereocenters. The van der Waals surface area contributed by atoms with Crippen LogP contribution in [0.1, 0.15) is 16.0 Å². The zero-order valence-electron chi connectivity index (χ0n) is 9.83. The van der Waals surface area contributed by atoms with E-state index in [0.29, 0.717) is 9.34 Å². The summed E-state index contributed by atoms with van der Waals surface area (Å²) in [5, 5.41) is 11.4. The molecule has 1 aromatic heterocycles. The highest BCUT2D eigenvalue weighted by molar-refractivity contribution is 7.15. The molecule has 0 saturated carbocycles. The standard InChI is InChI=1S/C12H7ClF3N3S/c13-11-19-6-8(20-11)5-18-10-2-1-7(4-17)3-9(10)12(14,15)16/h1-3,6,18H,5H2. The second kappa shape index (κ2) is 5.69. The van der Waals surface area contributed by atoms with Crippen molar-refractivity contribution in [2.24, 2.45) is 0 Å². The molecule has 1 heterocycles. The number of alkyl halides is 3. The first-order valence-corrected chi connectivity index (χ1v) is 6.55. The number of anilines is 1. The third-order valence-corrected chi connectivity index (χ3v) is 3.55. The molecule has 20 heavy (non-hydrogen) atoms. The molecule has 2 aromatic rings. The van der Waals surface area contributed by atoms with Gasteiger partial charge in [0.2, 0.25) is 0 Å². The maximum atomic E-state index is 12.9. The summed E-state index contributed by atoms with van der Waals surface area (Å²) in [7, 11) is 0. The van der Waals surface area contributed by atoms with Crippen LogP contribution in [-0.2, 0) is 12.7 Å². The van der Waals surface area contributed by atoms with E-state index in [0.717, 1.165) is 6.07 Å². The first kappa shape index (κ1) is 14.6. The quantitative estimate of drug-likeness (QED) is 0.918. The minimum atomic E-state index is -4.53. The normalized spacial score (nSPS) is 11.2. The van der Waals surface area contributed by atoms with Crippen molar-refractivity contribution in [1.82, 2.24) is 4.98 Å². The maximum Gasteiger partial charge on any atom is 0.418 e. The molecular weight excluding hydrogens is 311 g/mol. The van der Waals surface area contributed by atoms with Crippen molar-refractivity contribution in [3.63, 3.8) is 0 Å². The summed E-state index contributed by atoms with van der Waals surface area (Å²) in [4.78, 5) is 4.52. The Kier molecular flexibility index (Phi) is 4.16. The summed E-state index contributed by atoms with van der Waals surface area (Å²) in [5.41, 5.74) is -0.989. The second-order valence-electron chi connectivity index (χ2n) is 3.80. The predicted octanol–water partition coefficient (Wildman–Crippen LogP) is 4.30. The van der Waals surface area contributed by atoms with E-state index in [4.69, 9.17) is 16.9 Å². The number of nitrogens with zero attached hydrogens (tertiary/aromatic N) is 2. The van der Waals surface area contributed by atoms with E-state index in [1.54, 1.807) is 6.07 Å². The van der Waals surface area contributed by atoms with Gasteiger partial charge in [-0.3, -0.25) is 0 Å². The average Bonchev–Trinajstić information content (AvgIpc) is 2.81. The second-order valence-corrected chi connectivity index (χ2v) is 5.50. The maximum absolute atomic E-state index is 12.9. The zero-order chi connectivity index (χ0) is 14.8. The Morgan fingerprint density at radius 2 is 2.15 bits per heavy atom. The highest BCUT2D eigenvalue weighted by Crippen LogP contribution is 2.35. The highest BCUT2D eigenvalue weighted by atomic mass is 35.5. The summed E-state index contributed by atoms with van der Waals surface area (Å²) >= 11 is 6.84. The van der Waals surface area contributed by atoms with Gasteiger partial charge in [0.15, 0.2) is 4.47 Å². The summed E-state index contributed by atoms with van der Waals surface area (Å²) < 4.78 is 39.1. The molecule has 104 valence electrons. The summed E-state index contributed by atoms with van der Waals surface area (Å²) in [6.45, 7) is 0.180. The number of benzene rings is 1. The largest absolute Gasteiger partial charge is 0.418 e. The first-order valence-electron chi connectivity index (χ1n) is 5.35. The molecule has 0 atom stereocenters. The van der Waals surface area contributed by atoms with Gasteiger partial charge in [-0.15, -0.1) is 11.3 Å². The number of aromatic nitrogens is 1. The Morgan fingerprint density at radius 1 is 1.40 bits per heavy atom. The third-order valence-electron chi connectivity index (χ3n) is 2.43. The van der Waals surface area contributed by atoms with Gasteiger partial charge >= 0.3 is 6.18 Å². The Balaban J connectivity index is 2.25. The lowest BCUT2D eigenvalue weighted by Gasteiger charge is -2.14. The number of hydrogen-bond donors (Lipinski definition) is 1. The smallest absolute Gasteiger partial charge is 0.380 e. The minimum Gasteiger partial charge on any atom is -0.380 e. The van der Waals surface area contributed by atoms with Gasteiger partial charge in [0.25, 0.3) is 0 Å². The summed E-state index contributed by atoms with van der Waals surface area (Å²) in [6.07, 6.45) is -3.03. The fraction of sp³-hybridized carbons (Fsp3) is 0.167. The van der Waals surface area contributed by atoms with Gasteiger partial charge in [-0.2, -0.15) is 18.4 Å². The highest BCUT2D eigenvalue weighted by Gasteiger charge is 2.33. The van der Waals surface area contributed by atoms with Crippen LogP contribution in [0.3, 0.4) is 0 Å². The van der Waals surface area contributed by atoms with Crippen molar-refractivity contribution in [2.45, 2.75) is 12.7 Å². The third kappa shape index (κ3) is 3.40. The Labute approximate surface area is 121 Å². The van der Waals surface area contributed by atoms with E-state index in [2.05, 4.69) is 10.3 Å². The number of nitriles is 1. The molecule has 0 spiro atoms. The van der Waals surface area contributed by atoms with Crippen LogP contribution in [-0.4, -0.2) is 4.98 Å². The van der Waals surface area contributed by atoms with E-state index >= 15 is 0 Å². The van der Waals surface area contributed by atoms with E-state index in [1.807, 2.05) is 0 Å². The molecule has 8 heteroatoms. The van der Waals surface area contributed by atoms with Crippen LogP contribution >= 0.6 is 22.9 Å². The van der Waals surface area contributed by atoms with Crippen molar-refractivity contribution in [1.29, 1.82) is 5.26 Å². The molecule has 1 aromatic carbocycles. The lowest BCUT2D eigenvalue weighted by Crippen LogP contribution is -2.11. The van der Waals surface area contributed by atoms with Crippen LogP contribution in [0.25, 0.3) is 0 Å². The van der Waals surface area contributed by atoms with E-state index in [-0.39, 0.29) is 17.8 Å². The Bertz CT molecular complexity index is 661. The fourth-order valence-electron chi connectivity index (χ4n) is 1.55. The molecule has 0 amide bonds. The molecule has 2 rings (SSSR count). The number of thiazole rings is 1. The van der Waals surface area contributed by atoms with Crippen LogP contribution in [0, 0.1) is 11.3 Å². The van der Waals surface area contributed by atoms with Gasteiger partial charge in [0, 0.05) is 16.8 Å². The number of halogens is 4. The van der Waals surface area contributed by atoms with Crippen LogP contribution in [0.4, 0.5) is 18.9 Å². The van der Waals surface area contributed by atoms with Gasteiger partial charge in [-0.25, -0.2) is 4.98 Å². The SMILES string of the molecule is N#Cc1ccc(NCc2cnc(Cl)s2)c(C(F)(F)F)c1. The number of rotatable bonds is 3. The Morgan fingerprint density at radius 3 is 2.70 bits per heavy atom. The molecule has 0 aliphatic heterocycles. The molecule has 0 fully saturated rings. The topological polar surface area (TPSA) is 48.7 Å². The lowest BCUT2D eigenvalue weighted by molar-refractivity contribution is -0.137. The van der Waals surface area contributed by atoms with Crippen molar-refractivity contribution in [3.8, 4) is 6.07 Å². The van der Waals surface area contributed by atoms with Gasteiger partial charge in [0.05, 0.1) is 23.7 Å². The van der Waals surface area contributed by atoms with Gasteiger partial charge < -0.3 is 5.32 Å². The van der Waals surface area contributed by atoms with Gasteiger partial charge in [-0.05, 0) is 18.2 Å². The Hall–Kier alpha value is -1.78. The monoisotopic (exact) mass is 317 g/mol. The lowest BCUT2D eigenvalue weighted by atomic mass is 10.1. The van der Waals surface area contributed by atoms with E-state index < -0.39 is 11.7 Å². The molecule has 0 saturated heterocycles.